The zero-order valence-corrected chi connectivity index (χ0v) is 8.11. The van der Waals surface area contributed by atoms with Crippen LogP contribution in [-0.4, -0.2) is 9.67 Å². The molecule has 0 fully saturated rings. The van der Waals surface area contributed by atoms with E-state index in [-0.39, 0.29) is 11.3 Å². The summed E-state index contributed by atoms with van der Waals surface area (Å²) in [6, 6.07) is 6.97. The summed E-state index contributed by atoms with van der Waals surface area (Å²) >= 11 is 0. The van der Waals surface area contributed by atoms with Crippen LogP contribution in [0.1, 0.15) is 5.69 Å². The van der Waals surface area contributed by atoms with Gasteiger partial charge in [0.15, 0.2) is 0 Å². The summed E-state index contributed by atoms with van der Waals surface area (Å²) in [6.45, 7) is 1.87. The molecule has 3 heteroatoms. The zero-order chi connectivity index (χ0) is 10.3. The second kappa shape index (κ2) is 2.87. The number of phenols is 1. The highest BCUT2D eigenvalue weighted by Gasteiger charge is 2.06. The molecule has 0 radical (unpaired) electrons. The Morgan fingerprint density at radius 3 is 2.79 bits per heavy atom. The smallest absolute Gasteiger partial charge is 0.262 e. The van der Waals surface area contributed by atoms with E-state index in [9.17, 15) is 9.90 Å². The maximum atomic E-state index is 11.8. The maximum Gasteiger partial charge on any atom is 0.262 e. The third kappa shape index (κ3) is 1.09. The first-order valence-corrected chi connectivity index (χ1v) is 4.39. The first-order chi connectivity index (χ1) is 6.61. The molecule has 0 bridgehead atoms. The highest BCUT2D eigenvalue weighted by molar-refractivity contribution is 5.87. The molecule has 2 rings (SSSR count). The van der Waals surface area contributed by atoms with E-state index >= 15 is 0 Å². The number of aromatic nitrogens is 1. The van der Waals surface area contributed by atoms with E-state index in [0.717, 1.165) is 11.1 Å². The number of aryl methyl sites for hydroxylation is 1. The average molecular weight is 189 g/mol. The third-order valence-corrected chi connectivity index (χ3v) is 2.49. The Bertz CT molecular complexity index is 555. The van der Waals surface area contributed by atoms with Crippen LogP contribution in [0.2, 0.25) is 0 Å². The number of hydrogen-bond acceptors (Lipinski definition) is 2. The molecule has 0 aliphatic carbocycles. The molecule has 0 aliphatic heterocycles. The van der Waals surface area contributed by atoms with Gasteiger partial charge in [0, 0.05) is 12.7 Å². The molecule has 0 aliphatic rings. The van der Waals surface area contributed by atoms with Crippen molar-refractivity contribution in [3.05, 3.63) is 40.3 Å². The zero-order valence-electron chi connectivity index (χ0n) is 8.11. The van der Waals surface area contributed by atoms with Gasteiger partial charge in [-0.15, -0.1) is 0 Å². The molecule has 0 atom stereocenters. The van der Waals surface area contributed by atoms with Crippen LogP contribution < -0.4 is 5.56 Å². The summed E-state index contributed by atoms with van der Waals surface area (Å²) < 4.78 is 1.53. The molecule has 0 unspecified atom stereocenters. The van der Waals surface area contributed by atoms with Gasteiger partial charge in [-0.05, 0) is 24.4 Å². The van der Waals surface area contributed by atoms with Gasteiger partial charge in [0.25, 0.3) is 5.56 Å². The fourth-order valence-corrected chi connectivity index (χ4v) is 1.56. The van der Waals surface area contributed by atoms with E-state index in [1.807, 2.05) is 19.1 Å². The Labute approximate surface area is 81.2 Å². The van der Waals surface area contributed by atoms with Gasteiger partial charge in [-0.2, -0.15) is 0 Å². The van der Waals surface area contributed by atoms with E-state index in [0.29, 0.717) is 5.39 Å². The minimum absolute atomic E-state index is 0.0445. The first kappa shape index (κ1) is 8.81. The molecule has 2 aromatic rings. The van der Waals surface area contributed by atoms with Gasteiger partial charge in [0.1, 0.15) is 5.75 Å². The number of phenolic OH excluding ortho intramolecular Hbond substituents is 1. The minimum atomic E-state index is -0.155. The highest BCUT2D eigenvalue weighted by atomic mass is 16.3. The number of fused-ring (bicyclic) bond motifs is 1. The number of aromatic hydroxyl groups is 1. The molecule has 1 N–H and O–H groups in total. The van der Waals surface area contributed by atoms with E-state index in [1.165, 1.54) is 10.6 Å². The lowest BCUT2D eigenvalue weighted by Gasteiger charge is -2.06. The van der Waals surface area contributed by atoms with Crippen molar-refractivity contribution in [2.24, 2.45) is 7.05 Å². The predicted molar refractivity (Wildman–Crippen MR) is 55.6 cm³/mol. The standard InChI is InChI=1S/C11H11NO2/c1-7-6-8-4-3-5-9(13)10(8)11(14)12(7)2/h3-6,13H,1-2H3. The van der Waals surface area contributed by atoms with Gasteiger partial charge in [0.2, 0.25) is 0 Å². The molecule has 1 aromatic carbocycles. The van der Waals surface area contributed by atoms with Crippen LogP contribution in [-0.2, 0) is 7.05 Å². The fraction of sp³-hybridized carbons (Fsp3) is 0.182. The molecule has 0 saturated carbocycles. The van der Waals surface area contributed by atoms with Crippen molar-refractivity contribution in [1.29, 1.82) is 0 Å². The first-order valence-electron chi connectivity index (χ1n) is 4.39. The normalized spacial score (nSPS) is 10.7. The number of pyridine rings is 1. The molecule has 14 heavy (non-hydrogen) atoms. The molecule has 0 spiro atoms. The average Bonchev–Trinajstić information content (AvgIpc) is 2.14. The number of nitrogens with zero attached hydrogens (tertiary/aromatic N) is 1. The maximum absolute atomic E-state index is 11.8. The van der Waals surface area contributed by atoms with Crippen molar-refractivity contribution >= 4 is 10.8 Å². The molecule has 0 amide bonds. The predicted octanol–water partition coefficient (Wildman–Crippen LogP) is 1.55. The summed E-state index contributed by atoms with van der Waals surface area (Å²) in [4.78, 5) is 11.8. The lowest BCUT2D eigenvalue weighted by molar-refractivity contribution is 0.481. The summed E-state index contributed by atoms with van der Waals surface area (Å²) in [7, 11) is 1.70. The molecule has 1 aromatic heterocycles. The molecule has 3 nitrogen and oxygen atoms in total. The van der Waals surface area contributed by atoms with Gasteiger partial charge >= 0.3 is 0 Å². The topological polar surface area (TPSA) is 42.2 Å². The highest BCUT2D eigenvalue weighted by Crippen LogP contribution is 2.20. The Hall–Kier alpha value is -1.77. The van der Waals surface area contributed by atoms with Crippen LogP contribution in [0.5, 0.6) is 5.75 Å². The van der Waals surface area contributed by atoms with Crippen molar-refractivity contribution in [3.63, 3.8) is 0 Å². The Balaban J connectivity index is 3.07. The SMILES string of the molecule is Cc1cc2cccc(O)c2c(=O)n1C. The van der Waals surface area contributed by atoms with Crippen molar-refractivity contribution in [2.45, 2.75) is 6.92 Å². The summed E-state index contributed by atoms with van der Waals surface area (Å²) in [5.41, 5.74) is 0.728. The van der Waals surface area contributed by atoms with Gasteiger partial charge in [-0.25, -0.2) is 0 Å². The van der Waals surface area contributed by atoms with E-state index in [4.69, 9.17) is 0 Å². The van der Waals surface area contributed by atoms with E-state index in [1.54, 1.807) is 13.1 Å². The Morgan fingerprint density at radius 1 is 1.36 bits per heavy atom. The van der Waals surface area contributed by atoms with Crippen LogP contribution in [0.25, 0.3) is 10.8 Å². The number of hydrogen-bond donors (Lipinski definition) is 1. The fourth-order valence-electron chi connectivity index (χ4n) is 1.56. The van der Waals surface area contributed by atoms with E-state index in [2.05, 4.69) is 0 Å². The van der Waals surface area contributed by atoms with Crippen LogP contribution in [0.15, 0.2) is 29.1 Å². The molecule has 1 heterocycles. The van der Waals surface area contributed by atoms with Crippen molar-refractivity contribution in [3.8, 4) is 5.75 Å². The van der Waals surface area contributed by atoms with Crippen LogP contribution in [0.4, 0.5) is 0 Å². The lowest BCUT2D eigenvalue weighted by atomic mass is 10.1. The molecular formula is C11H11NO2. The number of benzene rings is 1. The van der Waals surface area contributed by atoms with Gasteiger partial charge in [0.05, 0.1) is 5.39 Å². The summed E-state index contributed by atoms with van der Waals surface area (Å²) in [5.74, 6) is 0.0445. The van der Waals surface area contributed by atoms with Crippen LogP contribution >= 0.6 is 0 Å². The monoisotopic (exact) mass is 189 g/mol. The van der Waals surface area contributed by atoms with Gasteiger partial charge in [-0.1, -0.05) is 12.1 Å². The lowest BCUT2D eigenvalue weighted by Crippen LogP contribution is -2.18. The quantitative estimate of drug-likeness (QED) is 0.683. The summed E-state index contributed by atoms with van der Waals surface area (Å²) in [5, 5.41) is 10.7. The minimum Gasteiger partial charge on any atom is -0.507 e. The van der Waals surface area contributed by atoms with Crippen LogP contribution in [0.3, 0.4) is 0 Å². The molecular weight excluding hydrogens is 178 g/mol. The van der Waals surface area contributed by atoms with Gasteiger partial charge < -0.3 is 9.67 Å². The van der Waals surface area contributed by atoms with Gasteiger partial charge in [-0.3, -0.25) is 4.79 Å². The van der Waals surface area contributed by atoms with Crippen LogP contribution in [0, 0.1) is 6.92 Å². The molecule has 72 valence electrons. The largest absolute Gasteiger partial charge is 0.507 e. The van der Waals surface area contributed by atoms with Crippen molar-refractivity contribution in [1.82, 2.24) is 4.57 Å². The van der Waals surface area contributed by atoms with E-state index < -0.39 is 0 Å². The summed E-state index contributed by atoms with van der Waals surface area (Å²) in [6.07, 6.45) is 0. The second-order valence-electron chi connectivity index (χ2n) is 3.39. The van der Waals surface area contributed by atoms with Crippen molar-refractivity contribution in [2.75, 3.05) is 0 Å². The Kier molecular flexibility index (Phi) is 1.81. The number of rotatable bonds is 0. The Morgan fingerprint density at radius 2 is 2.07 bits per heavy atom. The second-order valence-corrected chi connectivity index (χ2v) is 3.39. The molecule has 0 saturated heterocycles. The van der Waals surface area contributed by atoms with Crippen molar-refractivity contribution < 1.29 is 5.11 Å². The third-order valence-electron chi connectivity index (χ3n) is 2.49.